The van der Waals surface area contributed by atoms with Crippen molar-refractivity contribution < 1.29 is 9.18 Å². The molecule has 0 aromatic heterocycles. The molecule has 20 heavy (non-hydrogen) atoms. The van der Waals surface area contributed by atoms with Gasteiger partial charge in [-0.2, -0.15) is 0 Å². The highest BCUT2D eigenvalue weighted by molar-refractivity contribution is 5.92. The van der Waals surface area contributed by atoms with Crippen LogP contribution in [0.1, 0.15) is 39.0 Å². The maximum atomic E-state index is 13.0. The smallest absolute Gasteiger partial charge is 0.238 e. The molecule has 3 nitrogen and oxygen atoms in total. The summed E-state index contributed by atoms with van der Waals surface area (Å²) in [7, 11) is 0. The lowest BCUT2D eigenvalue weighted by atomic mass is 9.83. The van der Waals surface area contributed by atoms with Crippen LogP contribution in [0.25, 0.3) is 0 Å². The van der Waals surface area contributed by atoms with Gasteiger partial charge < -0.3 is 10.6 Å². The summed E-state index contributed by atoms with van der Waals surface area (Å²) < 4.78 is 13.0. The number of halogens is 1. The Hall–Kier alpha value is -1.42. The van der Waals surface area contributed by atoms with Gasteiger partial charge in [0.2, 0.25) is 5.91 Å². The first-order valence-electron chi connectivity index (χ1n) is 7.48. The molecule has 0 spiro atoms. The summed E-state index contributed by atoms with van der Waals surface area (Å²) in [6, 6.07) is 6.41. The highest BCUT2D eigenvalue weighted by Crippen LogP contribution is 2.26. The van der Waals surface area contributed by atoms with Gasteiger partial charge in [-0.1, -0.05) is 32.3 Å². The third-order valence-corrected chi connectivity index (χ3v) is 4.07. The van der Waals surface area contributed by atoms with E-state index >= 15 is 0 Å². The summed E-state index contributed by atoms with van der Waals surface area (Å²) in [6.07, 6.45) is 6.08. The highest BCUT2D eigenvalue weighted by atomic mass is 19.1. The number of nitrogens with one attached hydrogen (secondary N) is 2. The maximum Gasteiger partial charge on any atom is 0.238 e. The Bertz CT molecular complexity index is 450. The number of rotatable bonds is 5. The molecule has 110 valence electrons. The molecule has 1 aliphatic rings. The Morgan fingerprint density at radius 2 is 2.15 bits per heavy atom. The van der Waals surface area contributed by atoms with Gasteiger partial charge in [0.25, 0.3) is 0 Å². The van der Waals surface area contributed by atoms with Gasteiger partial charge in [-0.15, -0.1) is 0 Å². The van der Waals surface area contributed by atoms with Gasteiger partial charge in [0.15, 0.2) is 0 Å². The van der Waals surface area contributed by atoms with Crippen LogP contribution in [0, 0.1) is 11.7 Å². The lowest BCUT2D eigenvalue weighted by Crippen LogP contribution is -2.42. The standard InChI is InChI=1S/C16H23FN2O/c1-2-12-6-3-4-9-15(12)18-11-16(20)19-14-8-5-7-13(17)10-14/h5,7-8,10,12,15,18H,2-4,6,9,11H2,1H3,(H,19,20). The van der Waals surface area contributed by atoms with Gasteiger partial charge in [-0.3, -0.25) is 4.79 Å². The van der Waals surface area contributed by atoms with Crippen molar-refractivity contribution in [2.45, 2.75) is 45.1 Å². The summed E-state index contributed by atoms with van der Waals surface area (Å²) in [5.41, 5.74) is 0.507. The van der Waals surface area contributed by atoms with E-state index in [1.54, 1.807) is 12.1 Å². The SMILES string of the molecule is CCC1CCCCC1NCC(=O)Nc1cccc(F)c1. The highest BCUT2D eigenvalue weighted by Gasteiger charge is 2.23. The Kier molecular flexibility index (Phi) is 5.53. The second-order valence-electron chi connectivity index (χ2n) is 5.50. The number of carbonyl (C=O) groups excluding carboxylic acids is 1. The first kappa shape index (κ1) is 15.0. The fraction of sp³-hybridized carbons (Fsp3) is 0.562. The molecule has 2 unspecified atom stereocenters. The van der Waals surface area contributed by atoms with Crippen LogP contribution in [0.3, 0.4) is 0 Å². The normalized spacial score (nSPS) is 22.5. The van der Waals surface area contributed by atoms with E-state index < -0.39 is 0 Å². The fourth-order valence-electron chi connectivity index (χ4n) is 2.96. The topological polar surface area (TPSA) is 41.1 Å². The van der Waals surface area contributed by atoms with Gasteiger partial charge in [-0.25, -0.2) is 4.39 Å². The predicted octanol–water partition coefficient (Wildman–Crippen LogP) is 3.32. The Morgan fingerprint density at radius 1 is 1.35 bits per heavy atom. The van der Waals surface area contributed by atoms with Crippen LogP contribution in [-0.2, 0) is 4.79 Å². The van der Waals surface area contributed by atoms with Gasteiger partial charge in [-0.05, 0) is 37.0 Å². The van der Waals surface area contributed by atoms with E-state index in [0.717, 1.165) is 12.8 Å². The molecule has 1 aliphatic carbocycles. The molecule has 4 heteroatoms. The molecule has 1 aromatic carbocycles. The monoisotopic (exact) mass is 278 g/mol. The van der Waals surface area contributed by atoms with E-state index in [0.29, 0.717) is 17.6 Å². The van der Waals surface area contributed by atoms with Gasteiger partial charge in [0.05, 0.1) is 6.54 Å². The minimum absolute atomic E-state index is 0.115. The fourth-order valence-corrected chi connectivity index (χ4v) is 2.96. The van der Waals surface area contributed by atoms with E-state index in [4.69, 9.17) is 0 Å². The zero-order valence-electron chi connectivity index (χ0n) is 12.0. The first-order valence-corrected chi connectivity index (χ1v) is 7.48. The number of carbonyl (C=O) groups is 1. The Balaban J connectivity index is 1.79. The molecule has 0 aliphatic heterocycles. The van der Waals surface area contributed by atoms with Crippen LogP contribution in [0.15, 0.2) is 24.3 Å². The molecular weight excluding hydrogens is 255 g/mol. The molecule has 0 heterocycles. The first-order chi connectivity index (χ1) is 9.69. The predicted molar refractivity (Wildman–Crippen MR) is 79.1 cm³/mol. The maximum absolute atomic E-state index is 13.0. The number of hydrogen-bond donors (Lipinski definition) is 2. The van der Waals surface area contributed by atoms with Crippen molar-refractivity contribution in [2.24, 2.45) is 5.92 Å². The molecule has 1 amide bonds. The number of amides is 1. The molecule has 0 saturated heterocycles. The minimum atomic E-state index is -0.339. The van der Waals surface area contributed by atoms with Crippen molar-refractivity contribution in [3.05, 3.63) is 30.1 Å². The molecule has 2 atom stereocenters. The summed E-state index contributed by atoms with van der Waals surface area (Å²) >= 11 is 0. The van der Waals surface area contributed by atoms with E-state index in [2.05, 4.69) is 17.6 Å². The van der Waals surface area contributed by atoms with E-state index in [1.807, 2.05) is 0 Å². The van der Waals surface area contributed by atoms with E-state index in [1.165, 1.54) is 31.4 Å². The van der Waals surface area contributed by atoms with Crippen LogP contribution < -0.4 is 10.6 Å². The van der Waals surface area contributed by atoms with Crippen molar-refractivity contribution in [3.63, 3.8) is 0 Å². The molecule has 0 radical (unpaired) electrons. The second kappa shape index (κ2) is 7.39. The molecule has 2 rings (SSSR count). The lowest BCUT2D eigenvalue weighted by Gasteiger charge is -2.31. The Morgan fingerprint density at radius 3 is 2.90 bits per heavy atom. The number of benzene rings is 1. The van der Waals surface area contributed by atoms with Crippen LogP contribution in [0.5, 0.6) is 0 Å². The van der Waals surface area contributed by atoms with Gasteiger partial charge >= 0.3 is 0 Å². The Labute approximate surface area is 120 Å². The minimum Gasteiger partial charge on any atom is -0.325 e. The van der Waals surface area contributed by atoms with Crippen LogP contribution in [0.2, 0.25) is 0 Å². The second-order valence-corrected chi connectivity index (χ2v) is 5.50. The van der Waals surface area contributed by atoms with Crippen LogP contribution in [0.4, 0.5) is 10.1 Å². The van der Waals surface area contributed by atoms with Crippen molar-refractivity contribution in [1.29, 1.82) is 0 Å². The third kappa shape index (κ3) is 4.30. The average Bonchev–Trinajstić information content (AvgIpc) is 2.45. The molecule has 1 saturated carbocycles. The summed E-state index contributed by atoms with van der Waals surface area (Å²) in [4.78, 5) is 11.9. The van der Waals surface area contributed by atoms with Gasteiger partial charge in [0.1, 0.15) is 5.82 Å². The van der Waals surface area contributed by atoms with Crippen molar-refractivity contribution in [1.82, 2.24) is 5.32 Å². The van der Waals surface area contributed by atoms with Gasteiger partial charge in [0, 0.05) is 11.7 Å². The third-order valence-electron chi connectivity index (χ3n) is 4.07. The van der Waals surface area contributed by atoms with Crippen molar-refractivity contribution in [2.75, 3.05) is 11.9 Å². The van der Waals surface area contributed by atoms with Crippen LogP contribution >= 0.6 is 0 Å². The molecule has 1 aromatic rings. The average molecular weight is 278 g/mol. The lowest BCUT2D eigenvalue weighted by molar-refractivity contribution is -0.115. The summed E-state index contributed by atoms with van der Waals surface area (Å²) in [6.45, 7) is 2.50. The number of anilines is 1. The largest absolute Gasteiger partial charge is 0.325 e. The molecule has 0 bridgehead atoms. The summed E-state index contributed by atoms with van der Waals surface area (Å²) in [5, 5.41) is 6.07. The summed E-state index contributed by atoms with van der Waals surface area (Å²) in [5.74, 6) is 0.218. The molecule has 1 fully saturated rings. The van der Waals surface area contributed by atoms with Crippen molar-refractivity contribution >= 4 is 11.6 Å². The number of hydrogen-bond acceptors (Lipinski definition) is 2. The van der Waals surface area contributed by atoms with Crippen molar-refractivity contribution in [3.8, 4) is 0 Å². The quantitative estimate of drug-likeness (QED) is 0.867. The van der Waals surface area contributed by atoms with Crippen LogP contribution in [-0.4, -0.2) is 18.5 Å². The zero-order valence-corrected chi connectivity index (χ0v) is 12.0. The molecular formula is C16H23FN2O. The van der Waals surface area contributed by atoms with E-state index in [-0.39, 0.29) is 18.3 Å². The molecule has 2 N–H and O–H groups in total. The zero-order chi connectivity index (χ0) is 14.4. The van der Waals surface area contributed by atoms with E-state index in [9.17, 15) is 9.18 Å².